The van der Waals surface area contributed by atoms with E-state index in [1.54, 1.807) is 16.4 Å². The number of sulfonamides is 1. The number of hydrogen-bond acceptors (Lipinski definition) is 3. The first kappa shape index (κ1) is 18.6. The van der Waals surface area contributed by atoms with Crippen LogP contribution in [-0.2, 0) is 14.8 Å². The van der Waals surface area contributed by atoms with Crippen LogP contribution in [0.2, 0.25) is 0 Å². The maximum atomic E-state index is 13.5. The smallest absolute Gasteiger partial charge is 0.243 e. The third-order valence-corrected chi connectivity index (χ3v) is 9.59. The van der Waals surface area contributed by atoms with Gasteiger partial charge in [0, 0.05) is 26.2 Å². The molecule has 0 radical (unpaired) electrons. The molecule has 1 aromatic rings. The minimum atomic E-state index is -3.48. The lowest BCUT2D eigenvalue weighted by Crippen LogP contribution is -2.58. The maximum absolute atomic E-state index is 13.5. The van der Waals surface area contributed by atoms with E-state index in [0.717, 1.165) is 42.6 Å². The Balaban J connectivity index is 1.27. The van der Waals surface area contributed by atoms with E-state index in [1.807, 2.05) is 24.0 Å². The van der Waals surface area contributed by atoms with Gasteiger partial charge in [0.05, 0.1) is 10.3 Å². The third kappa shape index (κ3) is 3.00. The van der Waals surface area contributed by atoms with E-state index in [4.69, 9.17) is 0 Å². The van der Waals surface area contributed by atoms with Crippen LogP contribution in [0.4, 0.5) is 0 Å². The predicted octanol–water partition coefficient (Wildman–Crippen LogP) is 3.04. The first-order chi connectivity index (χ1) is 13.4. The van der Waals surface area contributed by atoms with Crippen LogP contribution in [0, 0.1) is 30.1 Å². The van der Waals surface area contributed by atoms with Crippen molar-refractivity contribution in [3.63, 3.8) is 0 Å². The Morgan fingerprint density at radius 1 is 0.893 bits per heavy atom. The number of carbonyl (C=O) groups excluding carboxylic acids is 1. The maximum Gasteiger partial charge on any atom is 0.243 e. The molecule has 1 saturated heterocycles. The van der Waals surface area contributed by atoms with Gasteiger partial charge in [0.15, 0.2) is 0 Å². The summed E-state index contributed by atoms with van der Waals surface area (Å²) >= 11 is 0. The normalized spacial score (nSPS) is 35.3. The quantitative estimate of drug-likeness (QED) is 0.781. The van der Waals surface area contributed by atoms with Crippen LogP contribution in [0.1, 0.15) is 44.1 Å². The van der Waals surface area contributed by atoms with Crippen molar-refractivity contribution < 1.29 is 13.2 Å². The molecule has 0 spiro atoms. The van der Waals surface area contributed by atoms with E-state index < -0.39 is 10.0 Å². The van der Waals surface area contributed by atoms with Gasteiger partial charge in [0.25, 0.3) is 0 Å². The number of hydrogen-bond donors (Lipinski definition) is 0. The van der Waals surface area contributed by atoms with Crippen LogP contribution in [0.5, 0.6) is 0 Å². The number of nitrogens with zero attached hydrogens (tertiary/aromatic N) is 2. The van der Waals surface area contributed by atoms with Crippen molar-refractivity contribution >= 4 is 15.9 Å². The Morgan fingerprint density at radius 2 is 1.39 bits per heavy atom. The van der Waals surface area contributed by atoms with Crippen LogP contribution in [0.15, 0.2) is 29.2 Å². The molecular formula is C22H30N2O3S. The van der Waals surface area contributed by atoms with Gasteiger partial charge in [-0.1, -0.05) is 17.7 Å². The number of piperazine rings is 1. The molecule has 1 aliphatic heterocycles. The molecule has 5 fully saturated rings. The van der Waals surface area contributed by atoms with Gasteiger partial charge in [-0.3, -0.25) is 4.79 Å². The highest BCUT2D eigenvalue weighted by atomic mass is 32.2. The molecule has 1 amide bonds. The fraction of sp³-hybridized carbons (Fsp3) is 0.682. The van der Waals surface area contributed by atoms with Crippen LogP contribution in [0.3, 0.4) is 0 Å². The Labute approximate surface area is 168 Å². The monoisotopic (exact) mass is 402 g/mol. The molecule has 28 heavy (non-hydrogen) atoms. The molecule has 5 nitrogen and oxygen atoms in total. The first-order valence-electron chi connectivity index (χ1n) is 10.7. The highest BCUT2D eigenvalue weighted by Crippen LogP contribution is 2.60. The number of carbonyl (C=O) groups is 1. The Morgan fingerprint density at radius 3 is 1.89 bits per heavy atom. The van der Waals surface area contributed by atoms with Crippen molar-refractivity contribution in [1.29, 1.82) is 0 Å². The van der Waals surface area contributed by atoms with Crippen LogP contribution in [-0.4, -0.2) is 49.7 Å². The van der Waals surface area contributed by atoms with Crippen molar-refractivity contribution in [3.05, 3.63) is 29.8 Å². The van der Waals surface area contributed by atoms with Crippen molar-refractivity contribution in [3.8, 4) is 0 Å². The molecule has 0 unspecified atom stereocenters. The van der Waals surface area contributed by atoms with E-state index in [-0.39, 0.29) is 5.41 Å². The molecular weight excluding hydrogens is 372 g/mol. The predicted molar refractivity (Wildman–Crippen MR) is 107 cm³/mol. The van der Waals surface area contributed by atoms with E-state index >= 15 is 0 Å². The van der Waals surface area contributed by atoms with Gasteiger partial charge >= 0.3 is 0 Å². The summed E-state index contributed by atoms with van der Waals surface area (Å²) in [4.78, 5) is 15.8. The SMILES string of the molecule is Cc1ccc(S(=O)(=O)N2CCN(C(=O)C34CC5CC(CC(C5)C3)C4)CC2)cc1. The summed E-state index contributed by atoms with van der Waals surface area (Å²) in [6.07, 6.45) is 7.19. The Hall–Kier alpha value is -1.40. The fourth-order valence-corrected chi connectivity index (χ4v) is 8.12. The van der Waals surface area contributed by atoms with Gasteiger partial charge in [-0.2, -0.15) is 4.31 Å². The molecule has 0 atom stereocenters. The lowest BCUT2D eigenvalue weighted by atomic mass is 9.49. The molecule has 5 aliphatic rings. The van der Waals surface area contributed by atoms with Gasteiger partial charge < -0.3 is 4.90 Å². The molecule has 152 valence electrons. The van der Waals surface area contributed by atoms with Gasteiger partial charge in [-0.25, -0.2) is 8.42 Å². The van der Waals surface area contributed by atoms with Gasteiger partial charge in [-0.05, 0) is 75.3 Å². The molecule has 6 rings (SSSR count). The number of amides is 1. The summed E-state index contributed by atoms with van der Waals surface area (Å²) in [5.41, 5.74) is 0.914. The largest absolute Gasteiger partial charge is 0.340 e. The number of aryl methyl sites for hydroxylation is 1. The number of rotatable bonds is 3. The van der Waals surface area contributed by atoms with Crippen molar-refractivity contribution in [2.75, 3.05) is 26.2 Å². The van der Waals surface area contributed by atoms with Crippen LogP contribution < -0.4 is 0 Å². The molecule has 4 saturated carbocycles. The average Bonchev–Trinajstić information content (AvgIpc) is 2.67. The second kappa shape index (κ2) is 6.56. The van der Waals surface area contributed by atoms with E-state index in [0.29, 0.717) is 37.0 Å². The van der Waals surface area contributed by atoms with Gasteiger partial charge in [-0.15, -0.1) is 0 Å². The molecule has 6 heteroatoms. The third-order valence-electron chi connectivity index (χ3n) is 7.68. The summed E-state index contributed by atoms with van der Waals surface area (Å²) in [7, 11) is -3.48. The molecule has 0 N–H and O–H groups in total. The van der Waals surface area contributed by atoms with Gasteiger partial charge in [0.2, 0.25) is 15.9 Å². The molecule has 0 aromatic heterocycles. The van der Waals surface area contributed by atoms with Crippen LogP contribution >= 0.6 is 0 Å². The highest BCUT2D eigenvalue weighted by Gasteiger charge is 2.55. The van der Waals surface area contributed by atoms with Gasteiger partial charge in [0.1, 0.15) is 0 Å². The fourth-order valence-electron chi connectivity index (χ4n) is 6.70. The zero-order chi connectivity index (χ0) is 19.5. The zero-order valence-corrected chi connectivity index (χ0v) is 17.5. The summed E-state index contributed by atoms with van der Waals surface area (Å²) < 4.78 is 27.4. The topological polar surface area (TPSA) is 57.7 Å². The summed E-state index contributed by atoms with van der Waals surface area (Å²) in [6.45, 7) is 3.78. The molecule has 1 heterocycles. The summed E-state index contributed by atoms with van der Waals surface area (Å²) in [6, 6.07) is 7.02. The minimum Gasteiger partial charge on any atom is -0.340 e. The second-order valence-corrected chi connectivity index (χ2v) is 11.6. The highest BCUT2D eigenvalue weighted by molar-refractivity contribution is 7.89. The molecule has 4 bridgehead atoms. The Bertz CT molecular complexity index is 834. The average molecular weight is 403 g/mol. The van der Waals surface area contributed by atoms with Crippen molar-refractivity contribution in [1.82, 2.24) is 9.21 Å². The van der Waals surface area contributed by atoms with Crippen molar-refractivity contribution in [2.45, 2.75) is 50.3 Å². The minimum absolute atomic E-state index is 0.132. The summed E-state index contributed by atoms with van der Waals surface area (Å²) in [5, 5.41) is 0. The van der Waals surface area contributed by atoms with E-state index in [9.17, 15) is 13.2 Å². The van der Waals surface area contributed by atoms with Crippen LogP contribution in [0.25, 0.3) is 0 Å². The lowest BCUT2D eigenvalue weighted by Gasteiger charge is -2.57. The Kier molecular flexibility index (Phi) is 4.36. The second-order valence-electron chi connectivity index (χ2n) is 9.71. The standard InChI is InChI=1S/C22H30N2O3S/c1-16-2-4-20(5-3-16)28(26,27)24-8-6-23(7-9-24)21(25)22-13-17-10-18(14-22)12-19(11-17)15-22/h2-5,17-19H,6-15H2,1H3. The lowest BCUT2D eigenvalue weighted by molar-refractivity contribution is -0.158. The van der Waals surface area contributed by atoms with E-state index in [1.165, 1.54) is 19.3 Å². The summed E-state index contributed by atoms with van der Waals surface area (Å²) in [5.74, 6) is 2.56. The van der Waals surface area contributed by atoms with Crippen molar-refractivity contribution in [2.24, 2.45) is 23.2 Å². The number of benzene rings is 1. The molecule has 4 aliphatic carbocycles. The molecule has 1 aromatic carbocycles. The first-order valence-corrected chi connectivity index (χ1v) is 12.2. The zero-order valence-electron chi connectivity index (χ0n) is 16.6. The van der Waals surface area contributed by atoms with E-state index in [2.05, 4.69) is 0 Å².